The van der Waals surface area contributed by atoms with Crippen molar-refractivity contribution < 1.29 is 19.5 Å². The highest BCUT2D eigenvalue weighted by Gasteiger charge is 2.26. The Balaban J connectivity index is 1.97. The van der Waals surface area contributed by atoms with Gasteiger partial charge < -0.3 is 15.3 Å². The number of carboxylic acid groups (broad SMARTS) is 1. The van der Waals surface area contributed by atoms with E-state index in [9.17, 15) is 14.4 Å². The van der Waals surface area contributed by atoms with E-state index < -0.39 is 5.97 Å². The Hall–Kier alpha value is -2.37. The molecular weight excluding hydrogens is 272 g/mol. The number of rotatable bonds is 3. The molecule has 21 heavy (non-hydrogen) atoms. The first-order chi connectivity index (χ1) is 9.97. The molecule has 1 fully saturated rings. The van der Waals surface area contributed by atoms with Crippen LogP contribution in [-0.4, -0.2) is 40.9 Å². The summed E-state index contributed by atoms with van der Waals surface area (Å²) in [7, 11) is 0. The highest BCUT2D eigenvalue weighted by atomic mass is 16.4. The number of piperidine rings is 1. The van der Waals surface area contributed by atoms with Crippen molar-refractivity contribution in [2.24, 2.45) is 5.92 Å². The van der Waals surface area contributed by atoms with Gasteiger partial charge in [0.1, 0.15) is 0 Å². The molecule has 0 aromatic heterocycles. The zero-order chi connectivity index (χ0) is 15.4. The number of benzene rings is 1. The van der Waals surface area contributed by atoms with E-state index in [1.165, 1.54) is 19.1 Å². The van der Waals surface area contributed by atoms with Crippen LogP contribution in [0.5, 0.6) is 0 Å². The maximum Gasteiger partial charge on any atom is 0.335 e. The van der Waals surface area contributed by atoms with Crippen molar-refractivity contribution in [1.29, 1.82) is 0 Å². The number of aromatic carboxylic acids is 1. The second kappa shape index (κ2) is 6.39. The molecule has 6 heteroatoms. The van der Waals surface area contributed by atoms with Gasteiger partial charge in [0.2, 0.25) is 11.8 Å². The number of hydrogen-bond donors (Lipinski definition) is 2. The molecule has 2 amide bonds. The fourth-order valence-electron chi connectivity index (χ4n) is 2.42. The molecule has 0 spiro atoms. The van der Waals surface area contributed by atoms with Crippen LogP contribution in [0.1, 0.15) is 30.1 Å². The average Bonchev–Trinajstić information content (AvgIpc) is 2.48. The second-order valence-electron chi connectivity index (χ2n) is 5.18. The predicted molar refractivity (Wildman–Crippen MR) is 77.0 cm³/mol. The largest absolute Gasteiger partial charge is 0.478 e. The fourth-order valence-corrected chi connectivity index (χ4v) is 2.42. The van der Waals surface area contributed by atoms with E-state index in [4.69, 9.17) is 5.11 Å². The molecule has 1 heterocycles. The Bertz CT molecular complexity index is 553. The van der Waals surface area contributed by atoms with Gasteiger partial charge in [0.25, 0.3) is 0 Å². The highest BCUT2D eigenvalue weighted by molar-refractivity contribution is 5.94. The maximum absolute atomic E-state index is 12.2. The van der Waals surface area contributed by atoms with Crippen LogP contribution >= 0.6 is 0 Å². The first kappa shape index (κ1) is 15.0. The monoisotopic (exact) mass is 290 g/mol. The van der Waals surface area contributed by atoms with Crippen molar-refractivity contribution in [1.82, 2.24) is 4.90 Å². The number of likely N-dealkylation sites (tertiary alicyclic amines) is 1. The van der Waals surface area contributed by atoms with Gasteiger partial charge in [0.05, 0.1) is 11.5 Å². The van der Waals surface area contributed by atoms with Crippen molar-refractivity contribution in [3.05, 3.63) is 29.8 Å². The topological polar surface area (TPSA) is 86.7 Å². The van der Waals surface area contributed by atoms with Gasteiger partial charge in [-0.15, -0.1) is 0 Å². The van der Waals surface area contributed by atoms with E-state index in [1.807, 2.05) is 0 Å². The zero-order valence-corrected chi connectivity index (χ0v) is 11.8. The van der Waals surface area contributed by atoms with Gasteiger partial charge >= 0.3 is 5.97 Å². The van der Waals surface area contributed by atoms with Crippen LogP contribution in [0.3, 0.4) is 0 Å². The second-order valence-corrected chi connectivity index (χ2v) is 5.18. The number of hydrogen-bond acceptors (Lipinski definition) is 3. The lowest BCUT2D eigenvalue weighted by Gasteiger charge is -2.31. The SMILES string of the molecule is CC(=O)N1CCCC(C(=O)Nc2ccc(C(=O)O)cc2)C1. The van der Waals surface area contributed by atoms with Gasteiger partial charge in [-0.3, -0.25) is 9.59 Å². The highest BCUT2D eigenvalue weighted by Crippen LogP contribution is 2.19. The Morgan fingerprint density at radius 3 is 2.48 bits per heavy atom. The Kier molecular flexibility index (Phi) is 4.57. The van der Waals surface area contributed by atoms with Crippen LogP contribution < -0.4 is 5.32 Å². The predicted octanol–water partition coefficient (Wildman–Crippen LogP) is 1.58. The molecule has 112 valence electrons. The summed E-state index contributed by atoms with van der Waals surface area (Å²) >= 11 is 0. The van der Waals surface area contributed by atoms with Crippen LogP contribution in [0.25, 0.3) is 0 Å². The first-order valence-corrected chi connectivity index (χ1v) is 6.87. The van der Waals surface area contributed by atoms with Gasteiger partial charge in [-0.25, -0.2) is 4.79 Å². The molecule has 1 unspecified atom stereocenters. The Labute approximate surface area is 122 Å². The van der Waals surface area contributed by atoms with Gasteiger partial charge in [-0.05, 0) is 37.1 Å². The maximum atomic E-state index is 12.2. The van der Waals surface area contributed by atoms with Gasteiger partial charge in [0.15, 0.2) is 0 Å². The summed E-state index contributed by atoms with van der Waals surface area (Å²) in [4.78, 5) is 36.0. The molecule has 2 N–H and O–H groups in total. The zero-order valence-electron chi connectivity index (χ0n) is 11.8. The molecule has 0 aliphatic carbocycles. The molecular formula is C15H18N2O4. The molecule has 1 aliphatic rings. The molecule has 2 rings (SSSR count). The summed E-state index contributed by atoms with van der Waals surface area (Å²) < 4.78 is 0. The van der Waals surface area contributed by atoms with E-state index in [-0.39, 0.29) is 23.3 Å². The number of nitrogens with zero attached hydrogens (tertiary/aromatic N) is 1. The molecule has 0 saturated carbocycles. The summed E-state index contributed by atoms with van der Waals surface area (Å²) in [5.41, 5.74) is 0.735. The fraction of sp³-hybridized carbons (Fsp3) is 0.400. The summed E-state index contributed by atoms with van der Waals surface area (Å²) in [6.45, 7) is 2.64. The number of anilines is 1. The normalized spacial score (nSPS) is 18.1. The molecule has 1 aromatic carbocycles. The number of carbonyl (C=O) groups is 3. The van der Waals surface area contributed by atoms with Gasteiger partial charge in [-0.2, -0.15) is 0 Å². The number of carbonyl (C=O) groups excluding carboxylic acids is 2. The average molecular weight is 290 g/mol. The van der Waals surface area contributed by atoms with Crippen LogP contribution in [-0.2, 0) is 9.59 Å². The lowest BCUT2D eigenvalue weighted by molar-refractivity contribution is -0.132. The first-order valence-electron chi connectivity index (χ1n) is 6.87. The van der Waals surface area contributed by atoms with Crippen molar-refractivity contribution in [3.8, 4) is 0 Å². The minimum Gasteiger partial charge on any atom is -0.478 e. The lowest BCUT2D eigenvalue weighted by Crippen LogP contribution is -2.42. The minimum atomic E-state index is -1.00. The molecule has 0 bridgehead atoms. The summed E-state index contributed by atoms with van der Waals surface area (Å²) in [5, 5.41) is 11.6. The number of amides is 2. The molecule has 1 saturated heterocycles. The third-order valence-electron chi connectivity index (χ3n) is 3.64. The quantitative estimate of drug-likeness (QED) is 0.885. The number of nitrogens with one attached hydrogen (secondary N) is 1. The van der Waals surface area contributed by atoms with Gasteiger partial charge in [0, 0.05) is 25.7 Å². The smallest absolute Gasteiger partial charge is 0.335 e. The molecule has 6 nitrogen and oxygen atoms in total. The van der Waals surface area contributed by atoms with Crippen molar-refractivity contribution >= 4 is 23.5 Å². The summed E-state index contributed by atoms with van der Waals surface area (Å²) in [6, 6.07) is 6.02. The lowest BCUT2D eigenvalue weighted by atomic mass is 9.97. The van der Waals surface area contributed by atoms with Crippen LogP contribution in [0.4, 0.5) is 5.69 Å². The summed E-state index contributed by atoms with van der Waals surface area (Å²) in [6.07, 6.45) is 1.57. The van der Waals surface area contributed by atoms with Gasteiger partial charge in [-0.1, -0.05) is 0 Å². The van der Waals surface area contributed by atoms with Crippen LogP contribution in [0, 0.1) is 5.92 Å². The Morgan fingerprint density at radius 1 is 1.24 bits per heavy atom. The van der Waals surface area contributed by atoms with E-state index in [0.29, 0.717) is 18.8 Å². The van der Waals surface area contributed by atoms with Crippen LogP contribution in [0.15, 0.2) is 24.3 Å². The minimum absolute atomic E-state index is 0.0155. The van der Waals surface area contributed by atoms with Crippen molar-refractivity contribution in [2.45, 2.75) is 19.8 Å². The molecule has 1 aromatic rings. The molecule has 1 aliphatic heterocycles. The van der Waals surface area contributed by atoms with E-state index in [0.717, 1.165) is 12.8 Å². The van der Waals surface area contributed by atoms with Crippen molar-refractivity contribution in [2.75, 3.05) is 18.4 Å². The molecule has 0 radical (unpaired) electrons. The van der Waals surface area contributed by atoms with E-state index in [1.54, 1.807) is 17.0 Å². The van der Waals surface area contributed by atoms with Crippen molar-refractivity contribution in [3.63, 3.8) is 0 Å². The standard InChI is InChI=1S/C15H18N2O4/c1-10(18)17-8-2-3-12(9-17)14(19)16-13-6-4-11(5-7-13)15(20)21/h4-7,12H,2-3,8-9H2,1H3,(H,16,19)(H,20,21). The number of carboxylic acids is 1. The summed E-state index contributed by atoms with van der Waals surface area (Å²) in [5.74, 6) is -1.37. The third-order valence-corrected chi connectivity index (χ3v) is 3.64. The third kappa shape index (κ3) is 3.81. The van der Waals surface area contributed by atoms with E-state index >= 15 is 0 Å². The molecule has 1 atom stereocenters. The van der Waals surface area contributed by atoms with E-state index in [2.05, 4.69) is 5.32 Å². The Morgan fingerprint density at radius 2 is 1.90 bits per heavy atom. The van der Waals surface area contributed by atoms with Crippen LogP contribution in [0.2, 0.25) is 0 Å².